The number of hydrogen-bond acceptors (Lipinski definition) is 4. The van der Waals surface area contributed by atoms with Crippen LogP contribution in [0, 0.1) is 12.8 Å². The number of carbonyl (C=O) groups is 1. The minimum Gasteiger partial charge on any atom is -0.493 e. The third-order valence-electron chi connectivity index (χ3n) is 4.83. The number of ether oxygens (including phenoxy) is 1. The molecule has 0 bridgehead atoms. The number of aryl methyl sites for hydroxylation is 1. The Labute approximate surface area is 172 Å². The van der Waals surface area contributed by atoms with Crippen LogP contribution < -0.4 is 14.8 Å². The van der Waals surface area contributed by atoms with Crippen molar-refractivity contribution in [1.82, 2.24) is 0 Å². The molecular weight excluding hydrogens is 388 g/mol. The fourth-order valence-corrected chi connectivity index (χ4v) is 3.31. The van der Waals surface area contributed by atoms with Gasteiger partial charge < -0.3 is 10.1 Å². The highest BCUT2D eigenvalue weighted by Gasteiger charge is 2.28. The summed E-state index contributed by atoms with van der Waals surface area (Å²) in [6.07, 6.45) is 2.48. The van der Waals surface area contributed by atoms with Gasteiger partial charge in [-0.05, 0) is 94.5 Å². The van der Waals surface area contributed by atoms with Crippen molar-refractivity contribution in [3.05, 3.63) is 53.6 Å². The summed E-state index contributed by atoms with van der Waals surface area (Å²) in [4.78, 5) is 12.5. The van der Waals surface area contributed by atoms with Crippen molar-refractivity contribution < 1.29 is 17.9 Å². The van der Waals surface area contributed by atoms with Crippen LogP contribution in [0.3, 0.4) is 0 Å². The molecule has 156 valence electrons. The molecule has 0 unspecified atom stereocenters. The van der Waals surface area contributed by atoms with Crippen LogP contribution >= 0.6 is 0 Å². The topological polar surface area (TPSA) is 84.5 Å². The van der Waals surface area contributed by atoms with Gasteiger partial charge in [0.2, 0.25) is 10.0 Å². The van der Waals surface area contributed by atoms with Crippen molar-refractivity contribution in [3.8, 4) is 5.75 Å². The molecule has 3 rings (SSSR count). The molecule has 0 atom stereocenters. The number of rotatable bonds is 7. The van der Waals surface area contributed by atoms with Crippen LogP contribution in [0.25, 0.3) is 0 Å². The van der Waals surface area contributed by atoms with E-state index in [9.17, 15) is 13.2 Å². The molecule has 0 saturated heterocycles. The van der Waals surface area contributed by atoms with E-state index in [4.69, 9.17) is 4.74 Å². The number of amides is 1. The molecule has 0 spiro atoms. The normalized spacial score (nSPS) is 14.3. The summed E-state index contributed by atoms with van der Waals surface area (Å²) in [5.74, 6) is 1.23. The molecular formula is C22H28N2O4S. The molecule has 1 amide bonds. The Bertz CT molecular complexity index is 988. The molecule has 2 N–H and O–H groups in total. The Hall–Kier alpha value is -2.54. The molecule has 29 heavy (non-hydrogen) atoms. The van der Waals surface area contributed by atoms with Crippen molar-refractivity contribution in [1.29, 1.82) is 0 Å². The Morgan fingerprint density at radius 1 is 1.10 bits per heavy atom. The standard InChI is InChI=1S/C22H28N2O4S/c1-15-13-19(28-14-16-5-6-16)11-12-20(15)23-21(25)17-7-9-18(10-8-17)24-29(26,27)22(2,3)4/h7-13,16,24H,5-6,14H2,1-4H3,(H,23,25). The fraction of sp³-hybridized carbons (Fsp3) is 0.409. The van der Waals surface area contributed by atoms with Gasteiger partial charge in [-0.25, -0.2) is 8.42 Å². The van der Waals surface area contributed by atoms with E-state index < -0.39 is 14.8 Å². The quantitative estimate of drug-likeness (QED) is 0.692. The molecule has 0 radical (unpaired) electrons. The van der Waals surface area contributed by atoms with Gasteiger partial charge in [0.1, 0.15) is 5.75 Å². The van der Waals surface area contributed by atoms with Crippen LogP contribution in [0.5, 0.6) is 5.75 Å². The average molecular weight is 417 g/mol. The molecule has 0 heterocycles. The lowest BCUT2D eigenvalue weighted by Gasteiger charge is -2.20. The van der Waals surface area contributed by atoms with Gasteiger partial charge >= 0.3 is 0 Å². The first-order valence-corrected chi connectivity index (χ1v) is 11.2. The average Bonchev–Trinajstić information content (AvgIpc) is 3.46. The molecule has 1 fully saturated rings. The van der Waals surface area contributed by atoms with Crippen LogP contribution in [-0.4, -0.2) is 25.7 Å². The van der Waals surface area contributed by atoms with Gasteiger partial charge in [0, 0.05) is 16.9 Å². The predicted octanol–water partition coefficient (Wildman–Crippen LogP) is 4.58. The summed E-state index contributed by atoms with van der Waals surface area (Å²) in [6, 6.07) is 12.0. The summed E-state index contributed by atoms with van der Waals surface area (Å²) in [7, 11) is -3.51. The van der Waals surface area contributed by atoms with Gasteiger partial charge in [-0.3, -0.25) is 9.52 Å². The summed E-state index contributed by atoms with van der Waals surface area (Å²) in [5, 5.41) is 2.89. The van der Waals surface area contributed by atoms with Gasteiger partial charge in [-0.15, -0.1) is 0 Å². The van der Waals surface area contributed by atoms with E-state index in [0.717, 1.165) is 17.9 Å². The zero-order valence-electron chi connectivity index (χ0n) is 17.3. The van der Waals surface area contributed by atoms with E-state index in [1.165, 1.54) is 12.8 Å². The minimum atomic E-state index is -3.51. The van der Waals surface area contributed by atoms with Gasteiger partial charge in [0.05, 0.1) is 11.4 Å². The Morgan fingerprint density at radius 3 is 2.31 bits per heavy atom. The van der Waals surface area contributed by atoms with Gasteiger partial charge in [-0.1, -0.05) is 0 Å². The lowest BCUT2D eigenvalue weighted by Crippen LogP contribution is -2.33. The van der Waals surface area contributed by atoms with Gasteiger partial charge in [0.15, 0.2) is 0 Å². The maximum absolute atomic E-state index is 12.5. The minimum absolute atomic E-state index is 0.259. The highest BCUT2D eigenvalue weighted by atomic mass is 32.2. The molecule has 6 nitrogen and oxygen atoms in total. The van der Waals surface area contributed by atoms with E-state index >= 15 is 0 Å². The summed E-state index contributed by atoms with van der Waals surface area (Å²) in [5.41, 5.74) is 2.49. The number of hydrogen-bond donors (Lipinski definition) is 2. The Morgan fingerprint density at radius 2 is 1.76 bits per heavy atom. The molecule has 1 aliphatic rings. The second-order valence-corrected chi connectivity index (χ2v) is 10.9. The molecule has 0 aliphatic heterocycles. The van der Waals surface area contributed by atoms with Crippen molar-refractivity contribution >= 4 is 27.3 Å². The molecule has 1 saturated carbocycles. The number of sulfonamides is 1. The maximum Gasteiger partial charge on any atom is 0.255 e. The van der Waals surface area contributed by atoms with Crippen LogP contribution in [0.2, 0.25) is 0 Å². The number of anilines is 2. The van der Waals surface area contributed by atoms with Crippen LogP contribution in [0.4, 0.5) is 11.4 Å². The van der Waals surface area contributed by atoms with E-state index in [2.05, 4.69) is 10.0 Å². The molecule has 2 aromatic rings. The van der Waals surface area contributed by atoms with Crippen molar-refractivity contribution in [2.24, 2.45) is 5.92 Å². The zero-order chi connectivity index (χ0) is 21.2. The van der Waals surface area contributed by atoms with Crippen LogP contribution in [0.1, 0.15) is 49.5 Å². The zero-order valence-corrected chi connectivity index (χ0v) is 18.1. The predicted molar refractivity (Wildman–Crippen MR) is 116 cm³/mol. The van der Waals surface area contributed by atoms with E-state index in [-0.39, 0.29) is 5.91 Å². The smallest absolute Gasteiger partial charge is 0.255 e. The van der Waals surface area contributed by atoms with Crippen molar-refractivity contribution in [2.45, 2.75) is 45.3 Å². The summed E-state index contributed by atoms with van der Waals surface area (Å²) >= 11 is 0. The van der Waals surface area contributed by atoms with E-state index in [1.807, 2.05) is 25.1 Å². The second-order valence-electron chi connectivity index (χ2n) is 8.48. The molecule has 2 aromatic carbocycles. The Kier molecular flexibility index (Phi) is 5.89. The fourth-order valence-electron chi connectivity index (χ4n) is 2.56. The number of nitrogens with one attached hydrogen (secondary N) is 2. The lowest BCUT2D eigenvalue weighted by atomic mass is 10.1. The first-order chi connectivity index (χ1) is 13.5. The molecule has 1 aliphatic carbocycles. The third kappa shape index (κ3) is 5.50. The van der Waals surface area contributed by atoms with Crippen LogP contribution in [-0.2, 0) is 10.0 Å². The highest BCUT2D eigenvalue weighted by Crippen LogP contribution is 2.30. The number of carbonyl (C=O) groups excluding carboxylic acids is 1. The second kappa shape index (κ2) is 8.06. The first-order valence-electron chi connectivity index (χ1n) is 9.72. The monoisotopic (exact) mass is 416 g/mol. The lowest BCUT2D eigenvalue weighted by molar-refractivity contribution is 0.102. The van der Waals surface area contributed by atoms with Crippen LogP contribution in [0.15, 0.2) is 42.5 Å². The first kappa shape index (κ1) is 21.2. The Balaban J connectivity index is 1.63. The van der Waals surface area contributed by atoms with Gasteiger partial charge in [-0.2, -0.15) is 0 Å². The largest absolute Gasteiger partial charge is 0.493 e. The number of benzene rings is 2. The highest BCUT2D eigenvalue weighted by molar-refractivity contribution is 7.94. The van der Waals surface area contributed by atoms with E-state index in [1.54, 1.807) is 45.0 Å². The SMILES string of the molecule is Cc1cc(OCC2CC2)ccc1NC(=O)c1ccc(NS(=O)(=O)C(C)(C)C)cc1. The van der Waals surface area contributed by atoms with Gasteiger partial charge in [0.25, 0.3) is 5.91 Å². The van der Waals surface area contributed by atoms with Crippen molar-refractivity contribution in [3.63, 3.8) is 0 Å². The summed E-state index contributed by atoms with van der Waals surface area (Å²) < 4.78 is 31.8. The molecule has 7 heteroatoms. The third-order valence-corrected chi connectivity index (χ3v) is 6.95. The summed E-state index contributed by atoms with van der Waals surface area (Å²) in [6.45, 7) is 7.55. The molecule has 0 aromatic heterocycles. The van der Waals surface area contributed by atoms with Crippen molar-refractivity contribution in [2.75, 3.05) is 16.6 Å². The van der Waals surface area contributed by atoms with E-state index in [0.29, 0.717) is 22.9 Å². The maximum atomic E-state index is 12.5.